The topological polar surface area (TPSA) is 58.1 Å². The van der Waals surface area contributed by atoms with E-state index in [9.17, 15) is 13.2 Å². The fourth-order valence-corrected chi connectivity index (χ4v) is 2.63. The quantitative estimate of drug-likeness (QED) is 0.561. The number of hydrogen-bond donors (Lipinski definition) is 2. The molecule has 0 spiro atoms. The second-order valence-corrected chi connectivity index (χ2v) is 5.79. The van der Waals surface area contributed by atoms with Gasteiger partial charge < -0.3 is 20.1 Å². The van der Waals surface area contributed by atoms with Crippen LogP contribution in [0.25, 0.3) is 0 Å². The molecule has 1 aromatic carbocycles. The summed E-state index contributed by atoms with van der Waals surface area (Å²) in [6, 6.07) is 6.15. The molecule has 1 fully saturated rings. The van der Waals surface area contributed by atoms with Crippen molar-refractivity contribution in [1.82, 2.24) is 15.5 Å². The number of para-hydroxylation sites is 1. The summed E-state index contributed by atoms with van der Waals surface area (Å²) in [6.07, 6.45) is -4.31. The van der Waals surface area contributed by atoms with E-state index in [1.54, 1.807) is 19.2 Å². The highest BCUT2D eigenvalue weighted by molar-refractivity contribution is 5.79. The van der Waals surface area contributed by atoms with Crippen LogP contribution in [-0.2, 0) is 11.2 Å². The number of nitrogens with zero attached hydrogens (tertiary/aromatic N) is 2. The van der Waals surface area contributed by atoms with Crippen LogP contribution in [0.1, 0.15) is 5.56 Å². The molecule has 0 radical (unpaired) electrons. The zero-order chi connectivity index (χ0) is 18.8. The number of guanidine groups is 1. The molecule has 6 nitrogen and oxygen atoms in total. The third-order valence-electron chi connectivity index (χ3n) is 3.93. The molecule has 1 saturated heterocycles. The van der Waals surface area contributed by atoms with Gasteiger partial charge in [-0.25, -0.2) is 0 Å². The molecule has 0 aromatic heterocycles. The van der Waals surface area contributed by atoms with Gasteiger partial charge in [-0.1, -0.05) is 18.2 Å². The van der Waals surface area contributed by atoms with E-state index in [0.29, 0.717) is 24.5 Å². The SMILES string of the molecule is CN=C(NCCc1ccccc1OC(F)(F)F)NCCN1CCOCC1. The highest BCUT2D eigenvalue weighted by Crippen LogP contribution is 2.26. The maximum absolute atomic E-state index is 12.4. The Kier molecular flexibility index (Phi) is 7.99. The molecule has 2 N–H and O–H groups in total. The van der Waals surface area contributed by atoms with Crippen LogP contribution in [0.4, 0.5) is 13.2 Å². The summed E-state index contributed by atoms with van der Waals surface area (Å²) in [6.45, 7) is 5.40. The zero-order valence-electron chi connectivity index (χ0n) is 14.8. The first-order chi connectivity index (χ1) is 12.5. The number of rotatable bonds is 7. The van der Waals surface area contributed by atoms with Crippen molar-refractivity contribution in [3.05, 3.63) is 29.8 Å². The van der Waals surface area contributed by atoms with Crippen molar-refractivity contribution in [1.29, 1.82) is 0 Å². The van der Waals surface area contributed by atoms with Crippen LogP contribution in [-0.4, -0.2) is 70.2 Å². The minimum absolute atomic E-state index is 0.169. The van der Waals surface area contributed by atoms with Crippen molar-refractivity contribution in [3.8, 4) is 5.75 Å². The first-order valence-corrected chi connectivity index (χ1v) is 8.56. The standard InChI is InChI=1S/C17H25F3N4O2/c1-21-16(23-8-9-24-10-12-25-13-11-24)22-7-6-14-4-2-3-5-15(14)26-17(18,19)20/h2-5H,6-13H2,1H3,(H2,21,22,23). The van der Waals surface area contributed by atoms with Gasteiger partial charge in [-0.15, -0.1) is 13.2 Å². The molecule has 146 valence electrons. The number of nitrogens with one attached hydrogen (secondary N) is 2. The molecule has 1 aliphatic heterocycles. The summed E-state index contributed by atoms with van der Waals surface area (Å²) < 4.78 is 46.7. The van der Waals surface area contributed by atoms with Crippen LogP contribution in [0.15, 0.2) is 29.3 Å². The summed E-state index contributed by atoms with van der Waals surface area (Å²) in [4.78, 5) is 6.42. The van der Waals surface area contributed by atoms with Crippen LogP contribution in [0.2, 0.25) is 0 Å². The molecule has 0 bridgehead atoms. The minimum atomic E-state index is -4.69. The third-order valence-corrected chi connectivity index (χ3v) is 3.93. The Bertz CT molecular complexity index is 575. The van der Waals surface area contributed by atoms with Gasteiger partial charge in [0.15, 0.2) is 5.96 Å². The number of alkyl halides is 3. The van der Waals surface area contributed by atoms with Gasteiger partial charge in [0.2, 0.25) is 0 Å². The Labute approximate surface area is 151 Å². The number of aliphatic imine (C=N–C) groups is 1. The van der Waals surface area contributed by atoms with Crippen LogP contribution >= 0.6 is 0 Å². The number of morpholine rings is 1. The fraction of sp³-hybridized carbons (Fsp3) is 0.588. The molecular formula is C17H25F3N4O2. The Morgan fingerprint density at radius 3 is 2.58 bits per heavy atom. The van der Waals surface area contributed by atoms with E-state index >= 15 is 0 Å². The summed E-state index contributed by atoms with van der Waals surface area (Å²) in [5.74, 6) is 0.449. The van der Waals surface area contributed by atoms with Gasteiger partial charge in [-0.05, 0) is 18.1 Å². The Hall–Kier alpha value is -2.00. The van der Waals surface area contributed by atoms with E-state index in [-0.39, 0.29) is 5.75 Å². The van der Waals surface area contributed by atoms with E-state index in [1.165, 1.54) is 12.1 Å². The van der Waals surface area contributed by atoms with Gasteiger partial charge in [0.05, 0.1) is 13.2 Å². The lowest BCUT2D eigenvalue weighted by molar-refractivity contribution is -0.274. The molecule has 0 aliphatic carbocycles. The number of ether oxygens (including phenoxy) is 2. The van der Waals surface area contributed by atoms with Gasteiger partial charge in [-0.3, -0.25) is 9.89 Å². The van der Waals surface area contributed by atoms with Gasteiger partial charge in [0.25, 0.3) is 0 Å². The van der Waals surface area contributed by atoms with Crippen molar-refractivity contribution in [2.75, 3.05) is 53.0 Å². The second-order valence-electron chi connectivity index (χ2n) is 5.79. The maximum atomic E-state index is 12.4. The largest absolute Gasteiger partial charge is 0.573 e. The Morgan fingerprint density at radius 1 is 1.19 bits per heavy atom. The number of halogens is 3. The van der Waals surface area contributed by atoms with E-state index in [1.807, 2.05) is 0 Å². The molecule has 26 heavy (non-hydrogen) atoms. The number of benzene rings is 1. The molecule has 0 amide bonds. The van der Waals surface area contributed by atoms with Gasteiger partial charge in [-0.2, -0.15) is 0 Å². The Morgan fingerprint density at radius 2 is 1.88 bits per heavy atom. The van der Waals surface area contributed by atoms with Crippen molar-refractivity contribution in [2.24, 2.45) is 4.99 Å². The smallest absolute Gasteiger partial charge is 0.406 e. The van der Waals surface area contributed by atoms with Gasteiger partial charge >= 0.3 is 6.36 Å². The van der Waals surface area contributed by atoms with E-state index in [0.717, 1.165) is 39.4 Å². The summed E-state index contributed by atoms with van der Waals surface area (Å²) in [7, 11) is 1.66. The summed E-state index contributed by atoms with van der Waals surface area (Å²) in [5.41, 5.74) is 0.487. The molecule has 0 unspecified atom stereocenters. The Balaban J connectivity index is 1.73. The molecule has 1 aromatic rings. The van der Waals surface area contributed by atoms with Crippen molar-refractivity contribution in [2.45, 2.75) is 12.8 Å². The molecule has 2 rings (SSSR count). The second kappa shape index (κ2) is 10.2. The molecule has 9 heteroatoms. The third kappa shape index (κ3) is 7.49. The fourth-order valence-electron chi connectivity index (χ4n) is 2.63. The lowest BCUT2D eigenvalue weighted by Crippen LogP contribution is -2.44. The minimum Gasteiger partial charge on any atom is -0.406 e. The molecule has 1 heterocycles. The van der Waals surface area contributed by atoms with Crippen molar-refractivity contribution >= 4 is 5.96 Å². The average molecular weight is 374 g/mol. The van der Waals surface area contributed by atoms with E-state index in [4.69, 9.17) is 4.74 Å². The van der Waals surface area contributed by atoms with E-state index < -0.39 is 6.36 Å². The normalized spacial score (nSPS) is 16.4. The predicted molar refractivity (Wildman–Crippen MR) is 93.5 cm³/mol. The summed E-state index contributed by atoms with van der Waals surface area (Å²) >= 11 is 0. The van der Waals surface area contributed by atoms with Crippen molar-refractivity contribution < 1.29 is 22.6 Å². The van der Waals surface area contributed by atoms with Crippen LogP contribution < -0.4 is 15.4 Å². The van der Waals surface area contributed by atoms with E-state index in [2.05, 4.69) is 25.3 Å². The highest BCUT2D eigenvalue weighted by Gasteiger charge is 2.31. The molecule has 0 atom stereocenters. The average Bonchev–Trinajstić information content (AvgIpc) is 2.61. The monoisotopic (exact) mass is 374 g/mol. The van der Waals surface area contributed by atoms with Crippen LogP contribution in [0.5, 0.6) is 5.75 Å². The maximum Gasteiger partial charge on any atom is 0.573 e. The molecule has 1 aliphatic rings. The van der Waals surface area contributed by atoms with Gasteiger partial charge in [0.1, 0.15) is 5.75 Å². The highest BCUT2D eigenvalue weighted by atomic mass is 19.4. The molecule has 0 saturated carbocycles. The van der Waals surface area contributed by atoms with Gasteiger partial charge in [0, 0.05) is 39.8 Å². The lowest BCUT2D eigenvalue weighted by Gasteiger charge is -2.26. The summed E-state index contributed by atoms with van der Waals surface area (Å²) in [5, 5.41) is 6.31. The first kappa shape index (κ1) is 20.3. The van der Waals surface area contributed by atoms with Crippen LogP contribution in [0.3, 0.4) is 0 Å². The van der Waals surface area contributed by atoms with Crippen molar-refractivity contribution in [3.63, 3.8) is 0 Å². The van der Waals surface area contributed by atoms with Crippen LogP contribution in [0, 0.1) is 0 Å². The number of hydrogen-bond acceptors (Lipinski definition) is 4. The lowest BCUT2D eigenvalue weighted by atomic mass is 10.1. The molecular weight excluding hydrogens is 349 g/mol. The zero-order valence-corrected chi connectivity index (χ0v) is 14.8. The first-order valence-electron chi connectivity index (χ1n) is 8.56. The predicted octanol–water partition coefficient (Wildman–Crippen LogP) is 1.62.